The zero-order chi connectivity index (χ0) is 17.4. The molecule has 0 radical (unpaired) electrons. The number of piperidine rings is 1. The van der Waals surface area contributed by atoms with Crippen LogP contribution in [0.4, 0.5) is 4.39 Å². The number of benzene rings is 2. The average Bonchev–Trinajstić information content (AvgIpc) is 3.06. The van der Waals surface area contributed by atoms with E-state index in [9.17, 15) is 9.18 Å². The summed E-state index contributed by atoms with van der Waals surface area (Å²) >= 11 is 0. The van der Waals surface area contributed by atoms with Gasteiger partial charge in [-0.15, -0.1) is 0 Å². The monoisotopic (exact) mass is 338 g/mol. The van der Waals surface area contributed by atoms with Gasteiger partial charge in [0.1, 0.15) is 11.7 Å². The smallest absolute Gasteiger partial charge is 0.250 e. The zero-order valence-electron chi connectivity index (χ0n) is 13.7. The van der Waals surface area contributed by atoms with Gasteiger partial charge in [-0.25, -0.2) is 9.07 Å². The predicted molar refractivity (Wildman–Crippen MR) is 94.7 cm³/mol. The second-order valence-corrected chi connectivity index (χ2v) is 6.46. The quantitative estimate of drug-likeness (QED) is 0.771. The fourth-order valence-corrected chi connectivity index (χ4v) is 3.42. The van der Waals surface area contributed by atoms with Crippen LogP contribution in [0.3, 0.4) is 0 Å². The molecule has 0 saturated carbocycles. The number of aromatic nitrogens is 2. The van der Waals surface area contributed by atoms with Crippen molar-refractivity contribution in [2.45, 2.75) is 18.5 Å². The molecule has 1 aliphatic heterocycles. The van der Waals surface area contributed by atoms with Gasteiger partial charge in [0.15, 0.2) is 0 Å². The number of nitrogens with one attached hydrogen (secondary N) is 1. The molecule has 1 fully saturated rings. The third-order valence-electron chi connectivity index (χ3n) is 4.73. The molecule has 1 amide bonds. The van der Waals surface area contributed by atoms with Crippen LogP contribution in [0.1, 0.15) is 28.3 Å². The summed E-state index contributed by atoms with van der Waals surface area (Å²) in [5, 5.41) is 8.49. The lowest BCUT2D eigenvalue weighted by Crippen LogP contribution is -2.36. The molecule has 128 valence electrons. The number of hydrogen-bond donors (Lipinski definition) is 2. The molecule has 3 N–H and O–H groups in total. The summed E-state index contributed by atoms with van der Waals surface area (Å²) in [6, 6.07) is 13.3. The van der Waals surface area contributed by atoms with Crippen LogP contribution in [0.15, 0.2) is 48.7 Å². The molecule has 0 spiro atoms. The molecule has 1 saturated heterocycles. The molecular formula is C19H19FN4O. The lowest BCUT2D eigenvalue weighted by Gasteiger charge is -2.26. The molecule has 2 aromatic carbocycles. The Morgan fingerprint density at radius 1 is 1.20 bits per heavy atom. The molecule has 0 bridgehead atoms. The molecule has 2 heterocycles. The van der Waals surface area contributed by atoms with E-state index in [2.05, 4.69) is 10.4 Å². The highest BCUT2D eigenvalue weighted by molar-refractivity contribution is 6.04. The maximum absolute atomic E-state index is 13.6. The summed E-state index contributed by atoms with van der Waals surface area (Å²) < 4.78 is 15.3. The molecule has 0 unspecified atom stereocenters. The highest BCUT2D eigenvalue weighted by Crippen LogP contribution is 2.26. The Bertz CT molecular complexity index is 919. The van der Waals surface area contributed by atoms with Gasteiger partial charge in [0, 0.05) is 24.7 Å². The topological polar surface area (TPSA) is 72.9 Å². The Morgan fingerprint density at radius 2 is 2.00 bits per heavy atom. The highest BCUT2D eigenvalue weighted by atomic mass is 19.1. The van der Waals surface area contributed by atoms with E-state index in [1.165, 1.54) is 0 Å². The predicted octanol–water partition coefficient (Wildman–Crippen LogP) is 2.54. The van der Waals surface area contributed by atoms with Crippen LogP contribution >= 0.6 is 0 Å². The first-order valence-corrected chi connectivity index (χ1v) is 8.35. The second-order valence-electron chi connectivity index (χ2n) is 6.46. The summed E-state index contributed by atoms with van der Waals surface area (Å²) in [6.07, 6.45) is 1.64. The van der Waals surface area contributed by atoms with Crippen molar-refractivity contribution in [1.29, 1.82) is 0 Å². The van der Waals surface area contributed by atoms with Crippen LogP contribution in [0.5, 0.6) is 0 Å². The van der Waals surface area contributed by atoms with Gasteiger partial charge in [-0.3, -0.25) is 4.79 Å². The van der Waals surface area contributed by atoms with Crippen LogP contribution in [0.2, 0.25) is 0 Å². The van der Waals surface area contributed by atoms with E-state index in [1.54, 1.807) is 16.8 Å². The SMILES string of the molecule is NC(=O)c1cccc2cn(-c3ccc([C@@H]4CNC[C@H](F)C4)cc3)nc12. The van der Waals surface area contributed by atoms with Crippen molar-refractivity contribution in [3.63, 3.8) is 0 Å². The van der Waals surface area contributed by atoms with Crippen molar-refractivity contribution in [3.8, 4) is 5.69 Å². The van der Waals surface area contributed by atoms with Crippen LogP contribution in [0, 0.1) is 0 Å². The molecular weight excluding hydrogens is 319 g/mol. The molecule has 25 heavy (non-hydrogen) atoms. The van der Waals surface area contributed by atoms with Gasteiger partial charge in [-0.2, -0.15) is 5.10 Å². The number of primary amides is 1. The van der Waals surface area contributed by atoms with Crippen molar-refractivity contribution in [2.75, 3.05) is 13.1 Å². The first-order valence-electron chi connectivity index (χ1n) is 8.35. The fourth-order valence-electron chi connectivity index (χ4n) is 3.42. The number of hydrogen-bond acceptors (Lipinski definition) is 3. The minimum Gasteiger partial charge on any atom is -0.366 e. The number of carbonyl (C=O) groups is 1. The summed E-state index contributed by atoms with van der Waals surface area (Å²) in [4.78, 5) is 11.5. The normalized spacial score (nSPS) is 20.7. The van der Waals surface area contributed by atoms with Gasteiger partial charge in [0.2, 0.25) is 0 Å². The van der Waals surface area contributed by atoms with Crippen molar-refractivity contribution in [2.24, 2.45) is 5.73 Å². The lowest BCUT2D eigenvalue weighted by molar-refractivity contribution is 0.100. The lowest BCUT2D eigenvalue weighted by atomic mass is 9.91. The third kappa shape index (κ3) is 3.00. The van der Waals surface area contributed by atoms with Crippen molar-refractivity contribution >= 4 is 16.8 Å². The number of alkyl halides is 1. The third-order valence-corrected chi connectivity index (χ3v) is 4.73. The average molecular weight is 338 g/mol. The largest absolute Gasteiger partial charge is 0.366 e. The first kappa shape index (κ1) is 15.8. The summed E-state index contributed by atoms with van der Waals surface area (Å²) in [5.74, 6) is -0.298. The molecule has 3 aromatic rings. The number of carbonyl (C=O) groups excluding carboxylic acids is 1. The van der Waals surface area contributed by atoms with Gasteiger partial charge in [-0.05, 0) is 36.1 Å². The van der Waals surface area contributed by atoms with Crippen LogP contribution in [0.25, 0.3) is 16.6 Å². The van der Waals surface area contributed by atoms with E-state index in [1.807, 2.05) is 36.5 Å². The minimum absolute atomic E-state index is 0.191. The Balaban J connectivity index is 1.65. The standard InChI is InChI=1S/C19H19FN4O/c20-15-8-14(9-22-10-15)12-4-6-16(7-5-12)24-11-13-2-1-3-17(19(21)25)18(13)23-24/h1-7,11,14-15,22H,8-10H2,(H2,21,25)/t14-,15+/m0/s1. The minimum atomic E-state index is -0.790. The number of nitrogens with two attached hydrogens (primary N) is 1. The van der Waals surface area contributed by atoms with Gasteiger partial charge >= 0.3 is 0 Å². The Kier molecular flexibility index (Phi) is 3.97. The van der Waals surface area contributed by atoms with Crippen LogP contribution in [-0.4, -0.2) is 34.9 Å². The summed E-state index contributed by atoms with van der Waals surface area (Å²) in [6.45, 7) is 1.24. The van der Waals surface area contributed by atoms with Crippen molar-refractivity contribution in [3.05, 3.63) is 59.8 Å². The Labute approximate surface area is 144 Å². The fraction of sp³-hybridized carbons (Fsp3) is 0.263. The van der Waals surface area contributed by atoms with E-state index < -0.39 is 12.1 Å². The number of nitrogens with zero attached hydrogens (tertiary/aromatic N) is 2. The number of rotatable bonds is 3. The maximum atomic E-state index is 13.6. The van der Waals surface area contributed by atoms with Gasteiger partial charge in [-0.1, -0.05) is 24.3 Å². The highest BCUT2D eigenvalue weighted by Gasteiger charge is 2.22. The first-order chi connectivity index (χ1) is 12.1. The number of halogens is 1. The summed E-state index contributed by atoms with van der Waals surface area (Å²) in [7, 11) is 0. The van der Waals surface area contributed by atoms with E-state index in [-0.39, 0.29) is 5.92 Å². The summed E-state index contributed by atoms with van der Waals surface area (Å²) in [5.41, 5.74) is 8.43. The molecule has 2 atom stereocenters. The zero-order valence-corrected chi connectivity index (χ0v) is 13.7. The van der Waals surface area contributed by atoms with E-state index in [4.69, 9.17) is 5.73 Å². The van der Waals surface area contributed by atoms with E-state index >= 15 is 0 Å². The second kappa shape index (κ2) is 6.29. The van der Waals surface area contributed by atoms with Crippen LogP contribution < -0.4 is 11.1 Å². The van der Waals surface area contributed by atoms with Gasteiger partial charge in [0.25, 0.3) is 5.91 Å². The Hall–Kier alpha value is -2.73. The Morgan fingerprint density at radius 3 is 2.72 bits per heavy atom. The van der Waals surface area contributed by atoms with Crippen LogP contribution in [-0.2, 0) is 0 Å². The molecule has 5 nitrogen and oxygen atoms in total. The molecule has 1 aliphatic rings. The van der Waals surface area contributed by atoms with E-state index in [0.29, 0.717) is 24.0 Å². The van der Waals surface area contributed by atoms with Crippen molar-refractivity contribution in [1.82, 2.24) is 15.1 Å². The number of fused-ring (bicyclic) bond motifs is 1. The van der Waals surface area contributed by atoms with Gasteiger partial charge in [0.05, 0.1) is 11.3 Å². The molecule has 6 heteroatoms. The molecule has 4 rings (SSSR count). The molecule has 0 aliphatic carbocycles. The van der Waals surface area contributed by atoms with Crippen molar-refractivity contribution < 1.29 is 9.18 Å². The van der Waals surface area contributed by atoms with Gasteiger partial charge < -0.3 is 11.1 Å². The van der Waals surface area contributed by atoms with E-state index in [0.717, 1.165) is 23.2 Å². The maximum Gasteiger partial charge on any atom is 0.250 e. The molecule has 1 aromatic heterocycles. The number of amides is 1.